The maximum Gasteiger partial charge on any atom is 0.476 e. The smallest absolute Gasteiger partial charge is 0.463 e. The molecule has 3 fully saturated rings. The molecule has 1 aromatic rings. The summed E-state index contributed by atoms with van der Waals surface area (Å²) in [6.07, 6.45) is 5.30. The molecular formula is C21H27N2O9P. The monoisotopic (exact) mass is 482 g/mol. The van der Waals surface area contributed by atoms with Crippen LogP contribution in [0.15, 0.2) is 21.9 Å². The number of H-pyrrole nitrogens is 1. The van der Waals surface area contributed by atoms with Gasteiger partial charge in [0.05, 0.1) is 12.7 Å². The number of carbonyl (C=O) groups is 1. The Morgan fingerprint density at radius 1 is 1.36 bits per heavy atom. The molecule has 0 radical (unpaired) electrons. The lowest BCUT2D eigenvalue weighted by Crippen LogP contribution is -2.44. The number of ether oxygens (including phenoxy) is 2. The van der Waals surface area contributed by atoms with Crippen molar-refractivity contribution < 1.29 is 32.4 Å². The first kappa shape index (κ1) is 23.9. The second kappa shape index (κ2) is 8.22. The van der Waals surface area contributed by atoms with E-state index in [-0.39, 0.29) is 31.0 Å². The Labute approximate surface area is 190 Å². The van der Waals surface area contributed by atoms with Gasteiger partial charge in [-0.25, -0.2) is 9.36 Å². The molecule has 1 aliphatic carbocycles. The second-order valence-electron chi connectivity index (χ2n) is 9.11. The van der Waals surface area contributed by atoms with E-state index in [0.717, 1.165) is 0 Å². The third kappa shape index (κ3) is 3.90. The van der Waals surface area contributed by atoms with Crippen molar-refractivity contribution in [3.63, 3.8) is 0 Å². The van der Waals surface area contributed by atoms with Gasteiger partial charge in [0.1, 0.15) is 17.6 Å². The van der Waals surface area contributed by atoms with Crippen LogP contribution in [-0.4, -0.2) is 46.0 Å². The van der Waals surface area contributed by atoms with Gasteiger partial charge >= 0.3 is 19.5 Å². The quantitative estimate of drug-likeness (QED) is 0.334. The molecule has 3 heterocycles. The Morgan fingerprint density at radius 2 is 2.09 bits per heavy atom. The highest BCUT2D eigenvalue weighted by molar-refractivity contribution is 7.48. The van der Waals surface area contributed by atoms with E-state index in [2.05, 4.69) is 10.9 Å². The van der Waals surface area contributed by atoms with Gasteiger partial charge in [-0.15, -0.1) is 6.42 Å². The lowest BCUT2D eigenvalue weighted by Gasteiger charge is -2.32. The van der Waals surface area contributed by atoms with E-state index in [4.69, 9.17) is 29.5 Å². The Morgan fingerprint density at radius 3 is 2.73 bits per heavy atom. The summed E-state index contributed by atoms with van der Waals surface area (Å²) in [6, 6.07) is 1.18. The molecular weight excluding hydrogens is 455 g/mol. The number of aromatic amines is 1. The Bertz CT molecular complexity index is 1150. The zero-order valence-electron chi connectivity index (χ0n) is 18.8. The Balaban J connectivity index is 1.42. The highest BCUT2D eigenvalue weighted by Gasteiger charge is 2.90. The van der Waals surface area contributed by atoms with Crippen LogP contribution in [0.5, 0.6) is 0 Å². The van der Waals surface area contributed by atoms with Gasteiger partial charge in [0.25, 0.3) is 5.56 Å². The van der Waals surface area contributed by atoms with Gasteiger partial charge in [-0.05, 0) is 33.1 Å². The SMILES string of the molecule is C#C[C@@]1(C)[C@H](n2ccc(=O)[nH]c2=O)O[C@@H]2C3O[P@](=O)(OCC(C)CCC(=O)OC(C)C)O[C@]321. The number of hydrogen-bond donors (Lipinski definition) is 1. The van der Waals surface area contributed by atoms with Gasteiger partial charge in [-0.1, -0.05) is 12.8 Å². The van der Waals surface area contributed by atoms with Crippen LogP contribution in [0.4, 0.5) is 0 Å². The van der Waals surface area contributed by atoms with Crippen molar-refractivity contribution in [2.24, 2.45) is 11.3 Å². The van der Waals surface area contributed by atoms with Crippen LogP contribution in [0.25, 0.3) is 0 Å². The summed E-state index contributed by atoms with van der Waals surface area (Å²) in [5.41, 5.74) is -3.72. The maximum atomic E-state index is 13.1. The number of phosphoric acid groups is 1. The number of esters is 1. The number of terminal acetylenes is 1. The van der Waals surface area contributed by atoms with Crippen LogP contribution in [0.3, 0.4) is 0 Å². The van der Waals surface area contributed by atoms with Crippen molar-refractivity contribution in [2.75, 3.05) is 6.61 Å². The Kier molecular flexibility index (Phi) is 5.96. The number of carbonyl (C=O) groups excluding carboxylic acids is 1. The highest BCUT2D eigenvalue weighted by atomic mass is 31.2. The molecule has 0 bridgehead atoms. The first-order valence-corrected chi connectivity index (χ1v) is 12.2. The van der Waals surface area contributed by atoms with E-state index in [0.29, 0.717) is 6.42 Å². The van der Waals surface area contributed by atoms with E-state index >= 15 is 0 Å². The third-order valence-corrected chi connectivity index (χ3v) is 7.70. The van der Waals surface area contributed by atoms with Crippen LogP contribution in [0, 0.1) is 23.7 Å². The zero-order chi connectivity index (χ0) is 24.2. The molecule has 33 heavy (non-hydrogen) atoms. The first-order valence-electron chi connectivity index (χ1n) is 10.7. The fourth-order valence-electron chi connectivity index (χ4n) is 4.40. The van der Waals surface area contributed by atoms with E-state index in [9.17, 15) is 18.9 Å². The minimum atomic E-state index is -3.95. The minimum Gasteiger partial charge on any atom is -0.463 e. The molecule has 0 aromatic carbocycles. The normalized spacial score (nSPS) is 37.3. The van der Waals surface area contributed by atoms with E-state index < -0.39 is 48.5 Å². The molecule has 0 amide bonds. The van der Waals surface area contributed by atoms with Crippen LogP contribution in [0.2, 0.25) is 0 Å². The fourth-order valence-corrected chi connectivity index (χ4v) is 6.31. The van der Waals surface area contributed by atoms with Gasteiger partial charge in [0.2, 0.25) is 0 Å². The number of rotatable bonds is 8. The predicted molar refractivity (Wildman–Crippen MR) is 114 cm³/mol. The number of hydrogen-bond acceptors (Lipinski definition) is 9. The van der Waals surface area contributed by atoms with E-state index in [1.54, 1.807) is 20.8 Å². The highest BCUT2D eigenvalue weighted by Crippen LogP contribution is 2.79. The van der Waals surface area contributed by atoms with Gasteiger partial charge in [0.15, 0.2) is 11.8 Å². The molecule has 2 aliphatic heterocycles. The fraction of sp³-hybridized carbons (Fsp3) is 0.667. The predicted octanol–water partition coefficient (Wildman–Crippen LogP) is 1.73. The average molecular weight is 482 g/mol. The minimum absolute atomic E-state index is 0.0378. The summed E-state index contributed by atoms with van der Waals surface area (Å²) in [4.78, 5) is 37.6. The topological polar surface area (TPSA) is 135 Å². The number of fused-ring (bicyclic) bond motifs is 1. The largest absolute Gasteiger partial charge is 0.476 e. The zero-order valence-corrected chi connectivity index (χ0v) is 19.7. The second-order valence-corrected chi connectivity index (χ2v) is 10.7. The van der Waals surface area contributed by atoms with Crippen molar-refractivity contribution in [1.29, 1.82) is 0 Å². The van der Waals surface area contributed by atoms with Gasteiger partial charge in [-0.2, -0.15) is 0 Å². The number of aromatic nitrogens is 2. The molecule has 180 valence electrons. The number of phosphoric ester groups is 1. The van der Waals surface area contributed by atoms with Crippen molar-refractivity contribution in [2.45, 2.75) is 70.7 Å². The van der Waals surface area contributed by atoms with Crippen molar-refractivity contribution >= 4 is 13.8 Å². The van der Waals surface area contributed by atoms with Crippen LogP contribution in [0.1, 0.15) is 46.8 Å². The molecule has 3 aliphatic rings. The molecule has 7 atom stereocenters. The molecule has 2 unspecified atom stereocenters. The van der Waals surface area contributed by atoms with Crippen LogP contribution in [-0.2, 0) is 32.4 Å². The van der Waals surface area contributed by atoms with Gasteiger partial charge in [0, 0.05) is 18.7 Å². The molecule has 1 saturated carbocycles. The van der Waals surface area contributed by atoms with E-state index in [1.165, 1.54) is 16.8 Å². The third-order valence-electron chi connectivity index (χ3n) is 6.23. The number of nitrogens with zero attached hydrogens (tertiary/aromatic N) is 1. The Hall–Kier alpha value is -2.22. The summed E-state index contributed by atoms with van der Waals surface area (Å²) in [7, 11) is -3.95. The van der Waals surface area contributed by atoms with Crippen LogP contribution < -0.4 is 11.2 Å². The molecule has 12 heteroatoms. The van der Waals surface area contributed by atoms with Crippen molar-refractivity contribution in [3.05, 3.63) is 33.1 Å². The average Bonchev–Trinajstić information content (AvgIpc) is 3.05. The van der Waals surface area contributed by atoms with Crippen molar-refractivity contribution in [1.82, 2.24) is 9.55 Å². The van der Waals surface area contributed by atoms with Crippen molar-refractivity contribution in [3.8, 4) is 12.3 Å². The molecule has 11 nitrogen and oxygen atoms in total. The molecule has 1 spiro atoms. The molecule has 1 aromatic heterocycles. The summed E-state index contributed by atoms with van der Waals surface area (Å²) < 4.78 is 42.3. The summed E-state index contributed by atoms with van der Waals surface area (Å²) >= 11 is 0. The molecule has 1 N–H and O–H groups in total. The van der Waals surface area contributed by atoms with Gasteiger partial charge < -0.3 is 9.47 Å². The number of nitrogens with one attached hydrogen (secondary N) is 1. The summed E-state index contributed by atoms with van der Waals surface area (Å²) in [6.45, 7) is 7.08. The summed E-state index contributed by atoms with van der Waals surface area (Å²) in [5.74, 6) is 2.20. The summed E-state index contributed by atoms with van der Waals surface area (Å²) in [5, 5.41) is 0. The van der Waals surface area contributed by atoms with Crippen LogP contribution >= 0.6 is 7.82 Å². The lowest BCUT2D eigenvalue weighted by molar-refractivity contribution is -0.147. The first-order chi connectivity index (χ1) is 15.5. The van der Waals surface area contributed by atoms with E-state index in [1.807, 2.05) is 6.92 Å². The molecule has 2 saturated heterocycles. The molecule has 4 rings (SSSR count). The lowest BCUT2D eigenvalue weighted by atomic mass is 9.81. The maximum absolute atomic E-state index is 13.1. The standard InChI is InChI=1S/C21H27N2O9P/c1-6-20(5)18(23-10-9-14(24)22-19(23)26)30-16-17-21(16,20)32-33(27,31-17)28-11-13(4)7-8-15(25)29-12(2)3/h1,9-10,12-13,16-18H,7-8,11H2,2-5H3,(H,22,24,26)/t13?,16-,17?,18-,20+,21+,33+/m1/s1. The van der Waals surface area contributed by atoms with Gasteiger partial charge in [-0.3, -0.25) is 32.7 Å².